The number of H-pyrrole nitrogens is 1. The summed E-state index contributed by atoms with van der Waals surface area (Å²) in [5.74, 6) is -0.155. The summed E-state index contributed by atoms with van der Waals surface area (Å²) in [6, 6.07) is 0. The van der Waals surface area contributed by atoms with Gasteiger partial charge in [0.15, 0.2) is 22.8 Å². The van der Waals surface area contributed by atoms with Gasteiger partial charge in [-0.05, 0) is 37.3 Å². The Labute approximate surface area is 202 Å². The molecule has 0 aromatic carbocycles. The summed E-state index contributed by atoms with van der Waals surface area (Å²) >= 11 is 1.70. The molecule has 1 fully saturated rings. The highest BCUT2D eigenvalue weighted by molar-refractivity contribution is 7.10. The van der Waals surface area contributed by atoms with Crippen LogP contribution in [0.2, 0.25) is 0 Å². The minimum Gasteiger partial charge on any atom is -0.367 e. The van der Waals surface area contributed by atoms with Crippen LogP contribution in [0.3, 0.4) is 0 Å². The Morgan fingerprint density at radius 2 is 2.09 bits per heavy atom. The Kier molecular flexibility index (Phi) is 6.09. The zero-order valence-electron chi connectivity index (χ0n) is 19.3. The first-order chi connectivity index (χ1) is 16.7. The highest BCUT2D eigenvalue weighted by atomic mass is 32.1. The van der Waals surface area contributed by atoms with E-state index in [-0.39, 0.29) is 19.0 Å². The molecule has 0 saturated carbocycles. The number of ether oxygens (including phenoxy) is 1. The van der Waals surface area contributed by atoms with Gasteiger partial charge in [-0.15, -0.1) is 16.4 Å². The number of fused-ring (bicyclic) bond motifs is 1. The summed E-state index contributed by atoms with van der Waals surface area (Å²) in [7, 11) is 0. The lowest BCUT2D eigenvalue weighted by atomic mass is 10.2. The maximum Gasteiger partial charge on any atom is 0.453 e. The molecular weight excluding hydrogens is 483 g/mol. The monoisotopic (exact) mass is 507 g/mol. The van der Waals surface area contributed by atoms with Crippen molar-refractivity contribution in [2.24, 2.45) is 0 Å². The Hall–Kier alpha value is -3.26. The predicted molar refractivity (Wildman–Crippen MR) is 124 cm³/mol. The number of nitrogens with zero attached hydrogens (tertiary/aromatic N) is 7. The Morgan fingerprint density at radius 1 is 1.26 bits per heavy atom. The molecule has 14 heteroatoms. The van der Waals surface area contributed by atoms with E-state index in [0.717, 1.165) is 0 Å². The minimum atomic E-state index is -4.63. The Balaban J connectivity index is 1.44. The van der Waals surface area contributed by atoms with Crippen LogP contribution in [0.15, 0.2) is 11.7 Å². The topological polar surface area (TPSA) is 110 Å². The average molecular weight is 508 g/mol. The number of morpholine rings is 1. The van der Waals surface area contributed by atoms with Crippen molar-refractivity contribution in [3.8, 4) is 0 Å². The van der Waals surface area contributed by atoms with E-state index in [0.29, 0.717) is 42.6 Å². The maximum absolute atomic E-state index is 13.0. The van der Waals surface area contributed by atoms with Gasteiger partial charge in [0.05, 0.1) is 19.5 Å². The molecule has 2 N–H and O–H groups in total. The molecule has 1 unspecified atom stereocenters. The number of aromatic nitrogens is 7. The number of alkyl halides is 3. The van der Waals surface area contributed by atoms with Gasteiger partial charge in [0.2, 0.25) is 5.95 Å². The lowest BCUT2D eigenvalue weighted by Gasteiger charge is -2.32. The first-order valence-electron chi connectivity index (χ1n) is 11.1. The van der Waals surface area contributed by atoms with Crippen molar-refractivity contribution in [2.75, 3.05) is 29.9 Å². The summed E-state index contributed by atoms with van der Waals surface area (Å²) in [4.78, 5) is 20.8. The fourth-order valence-corrected chi connectivity index (χ4v) is 4.81. The number of thiophene rings is 1. The molecule has 0 radical (unpaired) electrons. The molecule has 0 bridgehead atoms. The fraction of sp³-hybridized carbons (Fsp3) is 0.476. The predicted octanol–water partition coefficient (Wildman–Crippen LogP) is 3.85. The molecule has 0 spiro atoms. The van der Waals surface area contributed by atoms with E-state index in [1.54, 1.807) is 17.7 Å². The van der Waals surface area contributed by atoms with E-state index in [1.165, 1.54) is 16.0 Å². The molecule has 1 atom stereocenters. The molecule has 1 aliphatic heterocycles. The van der Waals surface area contributed by atoms with Crippen LogP contribution in [-0.4, -0.2) is 54.4 Å². The smallest absolute Gasteiger partial charge is 0.367 e. The van der Waals surface area contributed by atoms with Crippen LogP contribution in [0.1, 0.15) is 40.7 Å². The van der Waals surface area contributed by atoms with Crippen LogP contribution in [0.4, 0.5) is 24.9 Å². The molecule has 1 saturated heterocycles. The quantitative estimate of drug-likeness (QED) is 0.405. The van der Waals surface area contributed by atoms with E-state index in [1.807, 2.05) is 16.4 Å². The molecule has 0 aliphatic carbocycles. The lowest BCUT2D eigenvalue weighted by Crippen LogP contribution is -2.39. The van der Waals surface area contributed by atoms with E-state index in [2.05, 4.69) is 44.7 Å². The molecule has 4 aromatic heterocycles. The van der Waals surface area contributed by atoms with Crippen LogP contribution >= 0.6 is 11.3 Å². The lowest BCUT2D eigenvalue weighted by molar-refractivity contribution is -0.144. The Morgan fingerprint density at radius 3 is 2.77 bits per heavy atom. The van der Waals surface area contributed by atoms with Crippen LogP contribution in [-0.2, 0) is 24.0 Å². The van der Waals surface area contributed by atoms with Crippen molar-refractivity contribution in [3.05, 3.63) is 39.4 Å². The third-order valence-electron chi connectivity index (χ3n) is 6.04. The molecule has 5 rings (SSSR count). The molecule has 4 aromatic rings. The van der Waals surface area contributed by atoms with E-state index in [4.69, 9.17) is 14.7 Å². The van der Waals surface area contributed by atoms with E-state index >= 15 is 0 Å². The molecule has 186 valence electrons. The SMILES string of the molecule is CCn1cnc2c(N3CCOC(c4nc(C(F)(F)F)n[nH]4)C3)nc(NCc3csc(C)c3C)nc21. The van der Waals surface area contributed by atoms with Crippen LogP contribution in [0.5, 0.6) is 0 Å². The number of imidazole rings is 1. The van der Waals surface area contributed by atoms with Gasteiger partial charge in [0, 0.05) is 24.5 Å². The number of rotatable bonds is 6. The van der Waals surface area contributed by atoms with Gasteiger partial charge in [-0.25, -0.2) is 9.97 Å². The third kappa shape index (κ3) is 4.55. The molecule has 1 aliphatic rings. The molecular formula is C21H24F3N9OS. The Bertz CT molecular complexity index is 1350. The van der Waals surface area contributed by atoms with Gasteiger partial charge < -0.3 is 19.5 Å². The number of aromatic amines is 1. The fourth-order valence-electron chi connectivity index (χ4n) is 3.92. The third-order valence-corrected chi connectivity index (χ3v) is 7.10. The zero-order valence-corrected chi connectivity index (χ0v) is 20.2. The van der Waals surface area contributed by atoms with Crippen molar-refractivity contribution in [1.82, 2.24) is 34.7 Å². The van der Waals surface area contributed by atoms with Crippen LogP contribution < -0.4 is 10.2 Å². The van der Waals surface area contributed by atoms with Gasteiger partial charge in [0.25, 0.3) is 5.82 Å². The van der Waals surface area contributed by atoms with Crippen molar-refractivity contribution in [3.63, 3.8) is 0 Å². The minimum absolute atomic E-state index is 0.0214. The van der Waals surface area contributed by atoms with Crippen molar-refractivity contribution < 1.29 is 17.9 Å². The van der Waals surface area contributed by atoms with Gasteiger partial charge in [0.1, 0.15) is 6.10 Å². The zero-order chi connectivity index (χ0) is 24.7. The van der Waals surface area contributed by atoms with Gasteiger partial charge in [-0.1, -0.05) is 0 Å². The number of halogens is 3. The number of hydrogen-bond acceptors (Lipinski definition) is 9. The molecule has 35 heavy (non-hydrogen) atoms. The standard InChI is InChI=1S/C21H24F3N9OS/c1-4-32-10-26-15-17(32)28-20(25-7-13-9-35-12(3)11(13)2)29-18(15)33-5-6-34-14(8-33)16-27-19(31-30-16)21(22,23)24/h9-10,14H,4-8H2,1-3H3,(H,25,28,29)(H,27,30,31). The van der Waals surface area contributed by atoms with Crippen molar-refractivity contribution in [1.29, 1.82) is 0 Å². The second-order valence-electron chi connectivity index (χ2n) is 8.22. The molecule has 0 amide bonds. The van der Waals surface area contributed by atoms with Crippen molar-refractivity contribution in [2.45, 2.75) is 46.1 Å². The summed E-state index contributed by atoms with van der Waals surface area (Å²) in [5, 5.41) is 11.1. The normalized spacial score (nSPS) is 16.9. The highest BCUT2D eigenvalue weighted by Gasteiger charge is 2.37. The highest BCUT2D eigenvalue weighted by Crippen LogP contribution is 2.31. The summed E-state index contributed by atoms with van der Waals surface area (Å²) < 4.78 is 46.5. The van der Waals surface area contributed by atoms with E-state index in [9.17, 15) is 13.2 Å². The first-order valence-corrected chi connectivity index (χ1v) is 12.0. The number of aryl methyl sites for hydroxylation is 2. The number of anilines is 2. The largest absolute Gasteiger partial charge is 0.453 e. The molecule has 5 heterocycles. The second-order valence-corrected chi connectivity index (χ2v) is 9.30. The maximum atomic E-state index is 13.0. The summed E-state index contributed by atoms with van der Waals surface area (Å²) in [6.45, 7) is 8.44. The second kappa shape index (κ2) is 9.07. The van der Waals surface area contributed by atoms with Gasteiger partial charge in [-0.3, -0.25) is 5.10 Å². The number of nitrogens with one attached hydrogen (secondary N) is 2. The van der Waals surface area contributed by atoms with E-state index < -0.39 is 18.1 Å². The van der Waals surface area contributed by atoms with Crippen LogP contribution in [0.25, 0.3) is 11.2 Å². The van der Waals surface area contributed by atoms with Crippen molar-refractivity contribution >= 4 is 34.3 Å². The average Bonchev–Trinajstić information content (AvgIpc) is 3.57. The van der Waals surface area contributed by atoms with Gasteiger partial charge >= 0.3 is 6.18 Å². The van der Waals surface area contributed by atoms with Gasteiger partial charge in [-0.2, -0.15) is 23.1 Å². The summed E-state index contributed by atoms with van der Waals surface area (Å²) in [6.07, 6.45) is -3.64. The molecule has 10 nitrogen and oxygen atoms in total. The first kappa shape index (κ1) is 23.5. The van der Waals surface area contributed by atoms with Crippen LogP contribution in [0, 0.1) is 13.8 Å². The summed E-state index contributed by atoms with van der Waals surface area (Å²) in [5.41, 5.74) is 3.72. The number of hydrogen-bond donors (Lipinski definition) is 2.